The Bertz CT molecular complexity index is 509. The van der Waals surface area contributed by atoms with Crippen LogP contribution in [0.3, 0.4) is 0 Å². The summed E-state index contributed by atoms with van der Waals surface area (Å²) in [6.45, 7) is 1.73. The number of methoxy groups -OCH3 is 1. The Kier molecular flexibility index (Phi) is 6.35. The second-order valence-electron chi connectivity index (χ2n) is 4.05. The summed E-state index contributed by atoms with van der Waals surface area (Å²) in [5.74, 6) is -0.817. The summed E-state index contributed by atoms with van der Waals surface area (Å²) in [6, 6.07) is 3.81. The molecule has 0 heterocycles. The van der Waals surface area contributed by atoms with Gasteiger partial charge in [0.2, 0.25) is 5.91 Å². The third-order valence-corrected chi connectivity index (χ3v) is 4.31. The minimum atomic E-state index is -1.11. The molecule has 1 aromatic carbocycles. The molecule has 7 heteroatoms. The summed E-state index contributed by atoms with van der Waals surface area (Å²) in [5.41, 5.74) is 0.479. The first kappa shape index (κ1) is 16.8. The average Bonchev–Trinajstić information content (AvgIpc) is 2.43. The number of amides is 1. The van der Waals surface area contributed by atoms with Crippen LogP contribution >= 0.6 is 27.7 Å². The van der Waals surface area contributed by atoms with Gasteiger partial charge < -0.3 is 15.2 Å². The molecule has 1 rings (SSSR count). The number of hydrogen-bond acceptors (Lipinski definition) is 4. The van der Waals surface area contributed by atoms with Crippen LogP contribution in [0.15, 0.2) is 22.7 Å². The smallest absolute Gasteiger partial charge is 0.330 e. The third-order valence-electron chi connectivity index (χ3n) is 2.77. The van der Waals surface area contributed by atoms with Crippen molar-refractivity contribution >= 4 is 39.6 Å². The molecule has 0 aliphatic heterocycles. The van der Waals surface area contributed by atoms with Crippen molar-refractivity contribution < 1.29 is 19.4 Å². The van der Waals surface area contributed by atoms with Crippen molar-refractivity contribution in [1.82, 2.24) is 5.32 Å². The van der Waals surface area contributed by atoms with Crippen molar-refractivity contribution in [3.8, 4) is 5.75 Å². The molecule has 0 radical (unpaired) electrons. The lowest BCUT2D eigenvalue weighted by Gasteiger charge is -2.18. The van der Waals surface area contributed by atoms with Gasteiger partial charge in [0, 0.05) is 0 Å². The Balaban J connectivity index is 3.00. The molecule has 1 aromatic rings. The third kappa shape index (κ3) is 4.14. The van der Waals surface area contributed by atoms with Gasteiger partial charge in [0.05, 0.1) is 16.8 Å². The van der Waals surface area contributed by atoms with E-state index in [4.69, 9.17) is 4.74 Å². The van der Waals surface area contributed by atoms with Gasteiger partial charge in [-0.15, -0.1) is 0 Å². The molecular weight excluding hydrogens is 346 g/mol. The van der Waals surface area contributed by atoms with E-state index >= 15 is 0 Å². The number of rotatable bonds is 6. The van der Waals surface area contributed by atoms with Gasteiger partial charge in [0.1, 0.15) is 5.75 Å². The Morgan fingerprint density at radius 2 is 2.10 bits per heavy atom. The van der Waals surface area contributed by atoms with Gasteiger partial charge in [-0.05, 0) is 46.8 Å². The fourth-order valence-corrected chi connectivity index (χ4v) is 2.36. The lowest BCUT2D eigenvalue weighted by atomic mass is 10.1. The van der Waals surface area contributed by atoms with Crippen LogP contribution in [0, 0.1) is 0 Å². The highest BCUT2D eigenvalue weighted by Gasteiger charge is 2.24. The maximum absolute atomic E-state index is 11.8. The number of halogens is 1. The van der Waals surface area contributed by atoms with E-state index in [-0.39, 0.29) is 11.2 Å². The fraction of sp³-hybridized carbons (Fsp3) is 0.385. The van der Waals surface area contributed by atoms with E-state index in [1.54, 1.807) is 31.4 Å². The van der Waals surface area contributed by atoms with E-state index in [1.165, 1.54) is 18.9 Å². The fourth-order valence-electron chi connectivity index (χ4n) is 1.52. The van der Waals surface area contributed by atoms with Gasteiger partial charge in [-0.2, -0.15) is 11.8 Å². The molecule has 2 unspecified atom stereocenters. The van der Waals surface area contributed by atoms with E-state index in [2.05, 4.69) is 21.2 Å². The first-order valence-electron chi connectivity index (χ1n) is 5.80. The van der Waals surface area contributed by atoms with Crippen LogP contribution in [0.5, 0.6) is 5.75 Å². The number of aliphatic carboxylic acids is 1. The molecule has 0 spiro atoms. The van der Waals surface area contributed by atoms with Crippen molar-refractivity contribution in [1.29, 1.82) is 0 Å². The van der Waals surface area contributed by atoms with E-state index in [1.807, 2.05) is 0 Å². The van der Waals surface area contributed by atoms with Crippen molar-refractivity contribution in [3.63, 3.8) is 0 Å². The maximum atomic E-state index is 11.8. The number of carbonyl (C=O) groups is 2. The molecule has 5 nitrogen and oxygen atoms in total. The minimum Gasteiger partial charge on any atom is -0.496 e. The molecular formula is C13H16BrNO4S. The van der Waals surface area contributed by atoms with Crippen LogP contribution in [0.2, 0.25) is 0 Å². The summed E-state index contributed by atoms with van der Waals surface area (Å²) in [4.78, 5) is 23.2. The number of nitrogens with one attached hydrogen (secondary N) is 1. The van der Waals surface area contributed by atoms with Crippen LogP contribution < -0.4 is 10.1 Å². The van der Waals surface area contributed by atoms with Crippen LogP contribution in [0.25, 0.3) is 0 Å². The van der Waals surface area contributed by atoms with Crippen LogP contribution in [0.4, 0.5) is 0 Å². The summed E-state index contributed by atoms with van der Waals surface area (Å²) in [6.07, 6.45) is 1.80. The summed E-state index contributed by atoms with van der Waals surface area (Å²) < 4.78 is 5.73. The molecule has 2 N–H and O–H groups in total. The standard InChI is InChI=1S/C13H16BrNO4S/c1-7(20-3)12(16)15-11(13(17)18)8-4-5-10(19-2)9(14)6-8/h4-7,11H,1-3H3,(H,15,16)(H,17,18). The Morgan fingerprint density at radius 1 is 1.45 bits per heavy atom. The van der Waals surface area contributed by atoms with Crippen LogP contribution in [-0.2, 0) is 9.59 Å². The number of hydrogen-bond donors (Lipinski definition) is 2. The number of ether oxygens (including phenoxy) is 1. The van der Waals surface area contributed by atoms with Crippen molar-refractivity contribution in [3.05, 3.63) is 28.2 Å². The Hall–Kier alpha value is -1.21. The molecule has 110 valence electrons. The topological polar surface area (TPSA) is 75.6 Å². The Labute approximate surface area is 130 Å². The number of carboxylic acids is 1. The molecule has 2 atom stereocenters. The Morgan fingerprint density at radius 3 is 2.55 bits per heavy atom. The molecule has 0 fully saturated rings. The number of carboxylic acid groups (broad SMARTS) is 1. The van der Waals surface area contributed by atoms with E-state index in [0.29, 0.717) is 15.8 Å². The van der Waals surface area contributed by atoms with Gasteiger partial charge in [-0.3, -0.25) is 4.79 Å². The van der Waals surface area contributed by atoms with E-state index in [0.717, 1.165) is 0 Å². The highest BCUT2D eigenvalue weighted by molar-refractivity contribution is 9.10. The zero-order valence-corrected chi connectivity index (χ0v) is 13.7. The SMILES string of the molecule is COc1ccc(C(NC(=O)C(C)SC)C(=O)O)cc1Br. The van der Waals surface area contributed by atoms with Crippen LogP contribution in [-0.4, -0.2) is 35.6 Å². The monoisotopic (exact) mass is 361 g/mol. The molecule has 0 saturated heterocycles. The molecule has 0 aliphatic carbocycles. The van der Waals surface area contributed by atoms with E-state index in [9.17, 15) is 14.7 Å². The number of carbonyl (C=O) groups excluding carboxylic acids is 1. The second-order valence-corrected chi connectivity index (χ2v) is 6.08. The minimum absolute atomic E-state index is 0.307. The van der Waals surface area contributed by atoms with Crippen molar-refractivity contribution in [2.75, 3.05) is 13.4 Å². The highest BCUT2D eigenvalue weighted by Crippen LogP contribution is 2.28. The summed E-state index contributed by atoms with van der Waals surface area (Å²) in [7, 11) is 1.52. The quantitative estimate of drug-likeness (QED) is 0.813. The first-order chi connectivity index (χ1) is 9.40. The average molecular weight is 362 g/mol. The second kappa shape index (κ2) is 7.54. The zero-order chi connectivity index (χ0) is 15.3. The number of benzene rings is 1. The molecule has 1 amide bonds. The summed E-state index contributed by atoms with van der Waals surface area (Å²) in [5, 5.41) is 11.5. The van der Waals surface area contributed by atoms with Gasteiger partial charge >= 0.3 is 5.97 Å². The number of thioether (sulfide) groups is 1. The molecule has 0 bridgehead atoms. The van der Waals surface area contributed by atoms with Gasteiger partial charge in [0.25, 0.3) is 0 Å². The first-order valence-corrected chi connectivity index (χ1v) is 7.88. The lowest BCUT2D eigenvalue weighted by Crippen LogP contribution is -2.38. The highest BCUT2D eigenvalue weighted by atomic mass is 79.9. The summed E-state index contributed by atoms with van der Waals surface area (Å²) >= 11 is 4.66. The van der Waals surface area contributed by atoms with Crippen LogP contribution in [0.1, 0.15) is 18.5 Å². The molecule has 20 heavy (non-hydrogen) atoms. The molecule has 0 saturated carbocycles. The lowest BCUT2D eigenvalue weighted by molar-refractivity contribution is -0.141. The van der Waals surface area contributed by atoms with Crippen molar-refractivity contribution in [2.45, 2.75) is 18.2 Å². The zero-order valence-electron chi connectivity index (χ0n) is 11.3. The maximum Gasteiger partial charge on any atom is 0.330 e. The van der Waals surface area contributed by atoms with Gasteiger partial charge in [-0.25, -0.2) is 4.79 Å². The largest absolute Gasteiger partial charge is 0.496 e. The van der Waals surface area contributed by atoms with Gasteiger partial charge in [-0.1, -0.05) is 6.07 Å². The normalized spacial score (nSPS) is 13.4. The predicted octanol–water partition coefficient (Wildman–Crippen LogP) is 2.45. The molecule has 0 aliphatic rings. The van der Waals surface area contributed by atoms with E-state index < -0.39 is 12.0 Å². The predicted molar refractivity (Wildman–Crippen MR) is 82.2 cm³/mol. The van der Waals surface area contributed by atoms with Crippen molar-refractivity contribution in [2.24, 2.45) is 0 Å². The van der Waals surface area contributed by atoms with Gasteiger partial charge in [0.15, 0.2) is 6.04 Å². The molecule has 0 aromatic heterocycles.